The van der Waals surface area contributed by atoms with Crippen molar-refractivity contribution in [1.82, 2.24) is 25.0 Å². The van der Waals surface area contributed by atoms with Crippen LogP contribution in [0.3, 0.4) is 0 Å². The Balaban J connectivity index is 1.80. The van der Waals surface area contributed by atoms with Crippen LogP contribution in [0.2, 0.25) is 0 Å². The summed E-state index contributed by atoms with van der Waals surface area (Å²) in [5.74, 6) is -0.208. The van der Waals surface area contributed by atoms with Gasteiger partial charge in [0.15, 0.2) is 0 Å². The molecule has 1 aromatic carbocycles. The second-order valence-corrected chi connectivity index (χ2v) is 5.51. The highest BCUT2D eigenvalue weighted by atomic mass is 16.2. The number of nitrogens with zero attached hydrogens (tertiary/aromatic N) is 4. The summed E-state index contributed by atoms with van der Waals surface area (Å²) in [5.41, 5.74) is 1.41. The maximum absolute atomic E-state index is 12.7. The molecule has 7 nitrogen and oxygen atoms in total. The molecule has 1 saturated heterocycles. The molecule has 1 aromatic heterocycles. The third-order valence-electron chi connectivity index (χ3n) is 4.11. The molecule has 1 unspecified atom stereocenters. The maximum Gasteiger partial charge on any atom is 0.254 e. The van der Waals surface area contributed by atoms with Gasteiger partial charge < -0.3 is 10.2 Å². The molecule has 0 bridgehead atoms. The monoisotopic (exact) mass is 313 g/mol. The lowest BCUT2D eigenvalue weighted by atomic mass is 10.00. The number of carbonyl (C=O) groups is 2. The summed E-state index contributed by atoms with van der Waals surface area (Å²) in [5, 5.41) is 6.70. The Morgan fingerprint density at radius 2 is 2.00 bits per heavy atom. The lowest BCUT2D eigenvalue weighted by Crippen LogP contribution is -2.51. The second kappa shape index (κ2) is 6.60. The Morgan fingerprint density at radius 3 is 2.65 bits per heavy atom. The van der Waals surface area contributed by atoms with Crippen LogP contribution in [0.5, 0.6) is 0 Å². The normalized spacial score (nSPS) is 17.8. The minimum Gasteiger partial charge on any atom is -0.357 e. The van der Waals surface area contributed by atoms with Gasteiger partial charge in [-0.3, -0.25) is 9.59 Å². The van der Waals surface area contributed by atoms with E-state index in [9.17, 15) is 9.59 Å². The SMILES string of the molecule is CNC(=O)C1CCCCN1C(=O)c1ccc(-n2cncn2)cc1. The van der Waals surface area contributed by atoms with Crippen molar-refractivity contribution in [2.75, 3.05) is 13.6 Å². The highest BCUT2D eigenvalue weighted by Gasteiger charge is 2.31. The number of amides is 2. The molecule has 3 rings (SSSR count). The molecule has 1 atom stereocenters. The van der Waals surface area contributed by atoms with Gasteiger partial charge >= 0.3 is 0 Å². The van der Waals surface area contributed by atoms with Gasteiger partial charge in [0.1, 0.15) is 18.7 Å². The number of rotatable bonds is 3. The Morgan fingerprint density at radius 1 is 1.22 bits per heavy atom. The first-order chi connectivity index (χ1) is 11.2. The van der Waals surface area contributed by atoms with E-state index in [2.05, 4.69) is 15.4 Å². The topological polar surface area (TPSA) is 80.1 Å². The van der Waals surface area contributed by atoms with Crippen LogP contribution in [0.15, 0.2) is 36.9 Å². The molecule has 1 N–H and O–H groups in total. The van der Waals surface area contributed by atoms with Gasteiger partial charge in [0, 0.05) is 19.2 Å². The van der Waals surface area contributed by atoms with E-state index in [4.69, 9.17) is 0 Å². The van der Waals surface area contributed by atoms with E-state index in [1.54, 1.807) is 35.1 Å². The van der Waals surface area contributed by atoms with Crippen LogP contribution in [-0.2, 0) is 4.79 Å². The quantitative estimate of drug-likeness (QED) is 0.917. The van der Waals surface area contributed by atoms with E-state index in [0.717, 1.165) is 18.5 Å². The summed E-state index contributed by atoms with van der Waals surface area (Å²) in [4.78, 5) is 30.3. The third-order valence-corrected chi connectivity index (χ3v) is 4.11. The summed E-state index contributed by atoms with van der Waals surface area (Å²) in [6.07, 6.45) is 5.66. The van der Waals surface area contributed by atoms with Crippen molar-refractivity contribution in [2.24, 2.45) is 0 Å². The van der Waals surface area contributed by atoms with E-state index in [0.29, 0.717) is 18.5 Å². The minimum atomic E-state index is -0.378. The van der Waals surface area contributed by atoms with Gasteiger partial charge in [-0.2, -0.15) is 5.10 Å². The summed E-state index contributed by atoms with van der Waals surface area (Å²) >= 11 is 0. The van der Waals surface area contributed by atoms with Crippen molar-refractivity contribution in [3.8, 4) is 5.69 Å². The number of likely N-dealkylation sites (N-methyl/N-ethyl adjacent to an activating group) is 1. The van der Waals surface area contributed by atoms with Crippen molar-refractivity contribution >= 4 is 11.8 Å². The zero-order chi connectivity index (χ0) is 16.2. The average Bonchev–Trinajstić information content (AvgIpc) is 3.15. The van der Waals surface area contributed by atoms with E-state index in [1.807, 2.05) is 12.1 Å². The van der Waals surface area contributed by atoms with Crippen molar-refractivity contribution in [3.63, 3.8) is 0 Å². The summed E-state index contributed by atoms with van der Waals surface area (Å²) in [6, 6.07) is 6.78. The Kier molecular flexibility index (Phi) is 4.36. The van der Waals surface area contributed by atoms with Crippen LogP contribution in [0, 0.1) is 0 Å². The highest BCUT2D eigenvalue weighted by Crippen LogP contribution is 2.20. The van der Waals surface area contributed by atoms with Crippen molar-refractivity contribution in [1.29, 1.82) is 0 Å². The molecule has 0 aliphatic carbocycles. The molecule has 2 heterocycles. The summed E-state index contributed by atoms with van der Waals surface area (Å²) < 4.78 is 1.63. The molecule has 1 aliphatic heterocycles. The first kappa shape index (κ1) is 15.2. The highest BCUT2D eigenvalue weighted by molar-refractivity contribution is 5.97. The molecule has 0 saturated carbocycles. The molecule has 1 aliphatic rings. The molecule has 7 heteroatoms. The molecule has 120 valence electrons. The van der Waals surface area contributed by atoms with Crippen molar-refractivity contribution < 1.29 is 9.59 Å². The van der Waals surface area contributed by atoms with Crippen molar-refractivity contribution in [2.45, 2.75) is 25.3 Å². The maximum atomic E-state index is 12.7. The number of piperidine rings is 1. The predicted octanol–water partition coefficient (Wildman–Crippen LogP) is 1.01. The van der Waals surface area contributed by atoms with Gasteiger partial charge in [0.05, 0.1) is 5.69 Å². The van der Waals surface area contributed by atoms with Crippen LogP contribution in [0.25, 0.3) is 5.69 Å². The van der Waals surface area contributed by atoms with E-state index in [1.165, 1.54) is 6.33 Å². The van der Waals surface area contributed by atoms with Crippen molar-refractivity contribution in [3.05, 3.63) is 42.5 Å². The molecule has 0 radical (unpaired) electrons. The van der Waals surface area contributed by atoms with Gasteiger partial charge in [-0.15, -0.1) is 0 Å². The summed E-state index contributed by atoms with van der Waals surface area (Å²) in [7, 11) is 1.60. The van der Waals surface area contributed by atoms with Gasteiger partial charge in [-0.1, -0.05) is 0 Å². The second-order valence-electron chi connectivity index (χ2n) is 5.51. The number of benzene rings is 1. The molecular formula is C16H19N5O2. The lowest BCUT2D eigenvalue weighted by molar-refractivity contribution is -0.126. The van der Waals surface area contributed by atoms with Crippen LogP contribution in [0.4, 0.5) is 0 Å². The predicted molar refractivity (Wildman–Crippen MR) is 84.1 cm³/mol. The Hall–Kier alpha value is -2.70. The fourth-order valence-corrected chi connectivity index (χ4v) is 2.88. The molecule has 2 aromatic rings. The van der Waals surface area contributed by atoms with Crippen LogP contribution >= 0.6 is 0 Å². The number of aromatic nitrogens is 3. The zero-order valence-electron chi connectivity index (χ0n) is 13.0. The fraction of sp³-hybridized carbons (Fsp3) is 0.375. The standard InChI is InChI=1S/C16H19N5O2/c1-17-15(22)14-4-2-3-9-20(14)16(23)12-5-7-13(8-6-12)21-11-18-10-19-21/h5-8,10-11,14H,2-4,9H2,1H3,(H,17,22). The fourth-order valence-electron chi connectivity index (χ4n) is 2.88. The first-order valence-electron chi connectivity index (χ1n) is 7.68. The molecule has 1 fully saturated rings. The van der Waals surface area contributed by atoms with Crippen LogP contribution in [-0.4, -0.2) is 51.1 Å². The number of hydrogen-bond acceptors (Lipinski definition) is 4. The van der Waals surface area contributed by atoms with Gasteiger partial charge in [-0.05, 0) is 43.5 Å². The largest absolute Gasteiger partial charge is 0.357 e. The van der Waals surface area contributed by atoms with Gasteiger partial charge in [-0.25, -0.2) is 9.67 Å². The van der Waals surface area contributed by atoms with E-state index >= 15 is 0 Å². The molecule has 23 heavy (non-hydrogen) atoms. The van der Waals surface area contributed by atoms with E-state index < -0.39 is 0 Å². The number of hydrogen-bond donors (Lipinski definition) is 1. The molecular weight excluding hydrogens is 294 g/mol. The number of likely N-dealkylation sites (tertiary alicyclic amines) is 1. The van der Waals surface area contributed by atoms with E-state index in [-0.39, 0.29) is 17.9 Å². The van der Waals surface area contributed by atoms with Gasteiger partial charge in [0.25, 0.3) is 5.91 Å². The Bertz CT molecular complexity index is 681. The summed E-state index contributed by atoms with van der Waals surface area (Å²) in [6.45, 7) is 0.613. The Labute approximate surface area is 134 Å². The number of carbonyl (C=O) groups excluding carboxylic acids is 2. The third kappa shape index (κ3) is 3.08. The lowest BCUT2D eigenvalue weighted by Gasteiger charge is -2.34. The van der Waals surface area contributed by atoms with Crippen LogP contribution < -0.4 is 5.32 Å². The smallest absolute Gasteiger partial charge is 0.254 e. The number of nitrogens with one attached hydrogen (secondary N) is 1. The molecule has 2 amide bonds. The van der Waals surface area contributed by atoms with Gasteiger partial charge in [0.2, 0.25) is 5.91 Å². The first-order valence-corrected chi connectivity index (χ1v) is 7.68. The zero-order valence-corrected chi connectivity index (χ0v) is 13.0. The van der Waals surface area contributed by atoms with Crippen LogP contribution in [0.1, 0.15) is 29.6 Å². The molecule has 0 spiro atoms. The minimum absolute atomic E-state index is 0.0997. The average molecular weight is 313 g/mol.